The molecule has 2 aromatic rings. The third-order valence-electron chi connectivity index (χ3n) is 5.08. The first-order valence-electron chi connectivity index (χ1n) is 9.53. The predicted molar refractivity (Wildman–Crippen MR) is 112 cm³/mol. The fraction of sp³-hybridized carbons (Fsp3) is 0.364. The van der Waals surface area contributed by atoms with Crippen LogP contribution in [0.1, 0.15) is 42.9 Å². The van der Waals surface area contributed by atoms with Gasteiger partial charge in [-0.3, -0.25) is 9.59 Å². The molecular formula is C22H24Cl2N2O2. The Morgan fingerprint density at radius 2 is 1.68 bits per heavy atom. The molecule has 1 atom stereocenters. The van der Waals surface area contributed by atoms with Gasteiger partial charge < -0.3 is 10.2 Å². The molecule has 0 radical (unpaired) electrons. The molecule has 2 amide bonds. The molecule has 1 aliphatic carbocycles. The van der Waals surface area contributed by atoms with Crippen molar-refractivity contribution in [3.05, 3.63) is 70.7 Å². The summed E-state index contributed by atoms with van der Waals surface area (Å²) in [6.07, 6.45) is 4.18. The number of hydrogen-bond acceptors (Lipinski definition) is 2. The molecule has 2 aromatic carbocycles. The fourth-order valence-corrected chi connectivity index (χ4v) is 3.93. The fourth-order valence-electron chi connectivity index (χ4n) is 3.65. The maximum absolute atomic E-state index is 13.3. The van der Waals surface area contributed by atoms with Gasteiger partial charge in [0.25, 0.3) is 0 Å². The van der Waals surface area contributed by atoms with E-state index in [1.54, 1.807) is 29.2 Å². The second kappa shape index (κ2) is 9.94. The minimum absolute atomic E-state index is 0.159. The van der Waals surface area contributed by atoms with E-state index in [0.29, 0.717) is 17.1 Å². The van der Waals surface area contributed by atoms with Crippen LogP contribution in [-0.2, 0) is 16.1 Å². The van der Waals surface area contributed by atoms with Gasteiger partial charge >= 0.3 is 0 Å². The number of halogens is 2. The summed E-state index contributed by atoms with van der Waals surface area (Å²) in [7, 11) is 0. The summed E-state index contributed by atoms with van der Waals surface area (Å²) in [6, 6.07) is 16.1. The van der Waals surface area contributed by atoms with E-state index in [1.807, 2.05) is 30.3 Å². The van der Waals surface area contributed by atoms with Crippen LogP contribution in [0.3, 0.4) is 0 Å². The lowest BCUT2D eigenvalue weighted by Crippen LogP contribution is -2.46. The van der Waals surface area contributed by atoms with Gasteiger partial charge in [0.15, 0.2) is 0 Å². The van der Waals surface area contributed by atoms with Crippen molar-refractivity contribution >= 4 is 35.0 Å². The smallest absolute Gasteiger partial charge is 0.247 e. The summed E-state index contributed by atoms with van der Waals surface area (Å²) in [5.41, 5.74) is 1.66. The Morgan fingerprint density at radius 3 is 2.29 bits per heavy atom. The minimum Gasteiger partial charge on any atom is -0.351 e. The summed E-state index contributed by atoms with van der Waals surface area (Å²) < 4.78 is 0. The zero-order chi connectivity index (χ0) is 19.9. The van der Waals surface area contributed by atoms with Crippen LogP contribution < -0.4 is 5.32 Å². The van der Waals surface area contributed by atoms with Crippen LogP contribution in [0.4, 0.5) is 0 Å². The van der Waals surface area contributed by atoms with Crippen LogP contribution in [0.15, 0.2) is 54.6 Å². The highest BCUT2D eigenvalue weighted by atomic mass is 35.5. The number of hydrogen-bond donors (Lipinski definition) is 1. The molecule has 1 saturated carbocycles. The summed E-state index contributed by atoms with van der Waals surface area (Å²) >= 11 is 11.9. The molecule has 0 heterocycles. The van der Waals surface area contributed by atoms with Crippen LogP contribution in [0.25, 0.3) is 0 Å². The summed E-state index contributed by atoms with van der Waals surface area (Å²) in [5.74, 6) is -0.649. The lowest BCUT2D eigenvalue weighted by atomic mass is 10.0. The van der Waals surface area contributed by atoms with Gasteiger partial charge in [0.1, 0.15) is 11.9 Å². The summed E-state index contributed by atoms with van der Waals surface area (Å²) in [5, 5.41) is 3.71. The average molecular weight is 419 g/mol. The number of nitrogens with one attached hydrogen (secondary N) is 1. The van der Waals surface area contributed by atoms with Crippen LogP contribution in [0.5, 0.6) is 0 Å². The number of rotatable bonds is 7. The first-order chi connectivity index (χ1) is 13.6. The Bertz CT molecular complexity index is 790. The maximum Gasteiger partial charge on any atom is 0.247 e. The third kappa shape index (κ3) is 5.27. The SMILES string of the molecule is O=C(NC1CCCC1)[C@@H](c1ccc(Cl)cc1)N(Cc1ccccc1)C(=O)CCl. The quantitative estimate of drug-likeness (QED) is 0.661. The molecule has 0 bridgehead atoms. The Morgan fingerprint density at radius 1 is 1.04 bits per heavy atom. The third-order valence-corrected chi connectivity index (χ3v) is 5.56. The highest BCUT2D eigenvalue weighted by molar-refractivity contribution is 6.30. The van der Waals surface area contributed by atoms with E-state index in [4.69, 9.17) is 23.2 Å². The molecule has 0 saturated heterocycles. The van der Waals surface area contributed by atoms with Crippen LogP contribution in [0.2, 0.25) is 5.02 Å². The first kappa shape index (κ1) is 20.7. The van der Waals surface area contributed by atoms with E-state index in [9.17, 15) is 9.59 Å². The van der Waals surface area contributed by atoms with Gasteiger partial charge in [-0.1, -0.05) is 66.9 Å². The van der Waals surface area contributed by atoms with Crippen molar-refractivity contribution < 1.29 is 9.59 Å². The first-order valence-corrected chi connectivity index (χ1v) is 10.4. The van der Waals surface area contributed by atoms with Crippen molar-refractivity contribution in [3.63, 3.8) is 0 Å². The molecule has 6 heteroatoms. The van der Waals surface area contributed by atoms with E-state index >= 15 is 0 Å². The van der Waals surface area contributed by atoms with Crippen LogP contribution in [0, 0.1) is 0 Å². The Labute approximate surface area is 175 Å². The second-order valence-corrected chi connectivity index (χ2v) is 7.79. The van der Waals surface area contributed by atoms with Crippen LogP contribution in [-0.4, -0.2) is 28.6 Å². The molecule has 0 spiro atoms. The number of carbonyl (C=O) groups is 2. The van der Waals surface area contributed by atoms with Crippen molar-refractivity contribution in [2.45, 2.75) is 44.3 Å². The molecule has 1 fully saturated rings. The van der Waals surface area contributed by atoms with Crippen LogP contribution >= 0.6 is 23.2 Å². The molecule has 4 nitrogen and oxygen atoms in total. The van der Waals surface area contributed by atoms with E-state index in [-0.39, 0.29) is 23.7 Å². The van der Waals surface area contributed by atoms with E-state index in [1.165, 1.54) is 0 Å². The zero-order valence-corrected chi connectivity index (χ0v) is 17.1. The van der Waals surface area contributed by atoms with Crippen molar-refractivity contribution in [3.8, 4) is 0 Å². The molecule has 148 valence electrons. The minimum atomic E-state index is -0.760. The van der Waals surface area contributed by atoms with E-state index < -0.39 is 6.04 Å². The number of benzene rings is 2. The summed E-state index contributed by atoms with van der Waals surface area (Å²) in [6.45, 7) is 0.303. The summed E-state index contributed by atoms with van der Waals surface area (Å²) in [4.78, 5) is 27.5. The van der Waals surface area contributed by atoms with E-state index in [2.05, 4.69) is 5.32 Å². The van der Waals surface area contributed by atoms with E-state index in [0.717, 1.165) is 31.2 Å². The van der Waals surface area contributed by atoms with Gasteiger partial charge in [-0.25, -0.2) is 0 Å². The molecule has 0 aromatic heterocycles. The molecule has 3 rings (SSSR count). The van der Waals surface area contributed by atoms with Gasteiger partial charge in [0.2, 0.25) is 11.8 Å². The molecule has 0 aliphatic heterocycles. The number of alkyl halides is 1. The standard InChI is InChI=1S/C22H24Cl2N2O2/c23-14-20(27)26(15-16-6-2-1-3-7-16)21(17-10-12-18(24)13-11-17)22(28)25-19-8-4-5-9-19/h1-3,6-7,10-13,19,21H,4-5,8-9,14-15H2,(H,25,28)/t21-/m1/s1. The number of carbonyl (C=O) groups excluding carboxylic acids is 2. The highest BCUT2D eigenvalue weighted by Gasteiger charge is 2.32. The maximum atomic E-state index is 13.3. The highest BCUT2D eigenvalue weighted by Crippen LogP contribution is 2.27. The van der Waals surface area contributed by atoms with Gasteiger partial charge in [-0.2, -0.15) is 0 Å². The van der Waals surface area contributed by atoms with Crippen molar-refractivity contribution in [1.82, 2.24) is 10.2 Å². The van der Waals surface area contributed by atoms with Crippen molar-refractivity contribution in [1.29, 1.82) is 0 Å². The second-order valence-electron chi connectivity index (χ2n) is 7.08. The zero-order valence-electron chi connectivity index (χ0n) is 15.6. The average Bonchev–Trinajstić information content (AvgIpc) is 3.22. The van der Waals surface area contributed by atoms with Crippen molar-refractivity contribution in [2.24, 2.45) is 0 Å². The molecule has 1 aliphatic rings. The Hall–Kier alpha value is -2.04. The number of amides is 2. The normalized spacial score (nSPS) is 15.2. The largest absolute Gasteiger partial charge is 0.351 e. The molecule has 0 unspecified atom stereocenters. The van der Waals surface area contributed by atoms with Gasteiger partial charge in [0, 0.05) is 17.6 Å². The predicted octanol–water partition coefficient (Wildman–Crippen LogP) is 4.71. The Kier molecular flexibility index (Phi) is 7.35. The monoisotopic (exact) mass is 418 g/mol. The molecule has 28 heavy (non-hydrogen) atoms. The molecule has 1 N–H and O–H groups in total. The lowest BCUT2D eigenvalue weighted by molar-refractivity contribution is -0.140. The van der Waals surface area contributed by atoms with Crippen molar-refractivity contribution in [2.75, 3.05) is 5.88 Å². The van der Waals surface area contributed by atoms with Gasteiger partial charge in [0.05, 0.1) is 0 Å². The Balaban J connectivity index is 1.93. The topological polar surface area (TPSA) is 49.4 Å². The number of nitrogens with zero attached hydrogens (tertiary/aromatic N) is 1. The van der Waals surface area contributed by atoms with Gasteiger partial charge in [-0.15, -0.1) is 11.6 Å². The van der Waals surface area contributed by atoms with Gasteiger partial charge in [-0.05, 0) is 36.1 Å². The lowest BCUT2D eigenvalue weighted by Gasteiger charge is -2.32. The molecular weight excluding hydrogens is 395 g/mol.